The largest absolute Gasteiger partial charge is 0.367 e. The predicted octanol–water partition coefficient (Wildman–Crippen LogP) is 5.28. The monoisotopic (exact) mass is 449 g/mol. The van der Waals surface area contributed by atoms with Crippen LogP contribution < -0.4 is 11.1 Å². The summed E-state index contributed by atoms with van der Waals surface area (Å²) in [5, 5.41) is 7.06. The lowest BCUT2D eigenvalue weighted by molar-refractivity contribution is 0.421. The van der Waals surface area contributed by atoms with Crippen LogP contribution in [0.25, 0.3) is 44.2 Å². The number of aromatic amines is 1. The Morgan fingerprint density at radius 1 is 0.971 bits per heavy atom. The minimum absolute atomic E-state index is 0.254. The van der Waals surface area contributed by atoms with Gasteiger partial charge in [0.1, 0.15) is 11.5 Å². The van der Waals surface area contributed by atoms with Gasteiger partial charge in [-0.1, -0.05) is 24.6 Å². The van der Waals surface area contributed by atoms with E-state index in [1.165, 1.54) is 24.8 Å². The lowest BCUT2D eigenvalue weighted by atomic mass is 9.79. The third-order valence-corrected chi connectivity index (χ3v) is 7.64. The minimum atomic E-state index is 0.254. The molecule has 4 aromatic heterocycles. The lowest BCUT2D eigenvalue weighted by Crippen LogP contribution is -2.22. The molecule has 7 nitrogen and oxygen atoms in total. The summed E-state index contributed by atoms with van der Waals surface area (Å²) >= 11 is 0. The molecule has 0 saturated heterocycles. The smallest absolute Gasteiger partial charge is 0.163 e. The summed E-state index contributed by atoms with van der Waals surface area (Å²) in [4.78, 5) is 22.8. The number of aromatic nitrogens is 5. The molecule has 2 atom stereocenters. The molecule has 0 amide bonds. The van der Waals surface area contributed by atoms with E-state index in [9.17, 15) is 0 Å². The van der Waals surface area contributed by atoms with Gasteiger partial charge in [-0.25, -0.2) is 15.0 Å². The van der Waals surface area contributed by atoms with E-state index >= 15 is 0 Å². The SMILES string of the molecule is NC1CCC(Nc2nc(-c3ccnc4[nH]c5ccccc5c34)nc3cncc(C4CCC4)c23)C1. The number of nitrogens with zero attached hydrogens (tertiary/aromatic N) is 4. The molecule has 170 valence electrons. The fourth-order valence-corrected chi connectivity index (χ4v) is 5.66. The van der Waals surface area contributed by atoms with Crippen LogP contribution in [0.1, 0.15) is 50.0 Å². The van der Waals surface area contributed by atoms with Gasteiger partial charge >= 0.3 is 0 Å². The number of nitrogens with one attached hydrogen (secondary N) is 2. The highest BCUT2D eigenvalue weighted by atomic mass is 15.1. The van der Waals surface area contributed by atoms with Gasteiger partial charge in [-0.15, -0.1) is 0 Å². The van der Waals surface area contributed by atoms with Crippen molar-refractivity contribution >= 4 is 38.7 Å². The molecule has 7 heteroatoms. The third-order valence-electron chi connectivity index (χ3n) is 7.64. The van der Waals surface area contributed by atoms with Crippen LogP contribution >= 0.6 is 0 Å². The fourth-order valence-electron chi connectivity index (χ4n) is 5.66. The van der Waals surface area contributed by atoms with Crippen molar-refractivity contribution in [2.75, 3.05) is 5.32 Å². The molecule has 2 fully saturated rings. The molecule has 1 aromatic carbocycles. The van der Waals surface area contributed by atoms with Crippen LogP contribution in [0, 0.1) is 0 Å². The molecule has 7 rings (SSSR count). The van der Waals surface area contributed by atoms with Gasteiger partial charge in [-0.2, -0.15) is 0 Å². The van der Waals surface area contributed by atoms with E-state index in [0.29, 0.717) is 17.8 Å². The second kappa shape index (κ2) is 7.74. The summed E-state index contributed by atoms with van der Waals surface area (Å²) in [5.74, 6) is 2.15. The van der Waals surface area contributed by atoms with E-state index in [0.717, 1.165) is 63.5 Å². The Morgan fingerprint density at radius 3 is 2.71 bits per heavy atom. The van der Waals surface area contributed by atoms with Crippen molar-refractivity contribution in [2.24, 2.45) is 5.73 Å². The van der Waals surface area contributed by atoms with Gasteiger partial charge in [0.05, 0.1) is 11.7 Å². The van der Waals surface area contributed by atoms with Crippen LogP contribution in [0.5, 0.6) is 0 Å². The molecular weight excluding hydrogens is 422 g/mol. The molecule has 0 radical (unpaired) electrons. The molecule has 0 spiro atoms. The van der Waals surface area contributed by atoms with Crippen molar-refractivity contribution in [1.29, 1.82) is 0 Å². The Hall–Kier alpha value is -3.58. The summed E-state index contributed by atoms with van der Waals surface area (Å²) in [6.45, 7) is 0. The van der Waals surface area contributed by atoms with Gasteiger partial charge in [-0.05, 0) is 55.7 Å². The number of rotatable bonds is 4. The van der Waals surface area contributed by atoms with Crippen molar-refractivity contribution < 1.29 is 0 Å². The number of hydrogen-bond acceptors (Lipinski definition) is 6. The summed E-state index contributed by atoms with van der Waals surface area (Å²) in [7, 11) is 0. The van der Waals surface area contributed by atoms with Crippen LogP contribution in [0.2, 0.25) is 0 Å². The molecule has 2 aliphatic carbocycles. The molecule has 2 aliphatic rings. The zero-order valence-corrected chi connectivity index (χ0v) is 19.0. The van der Waals surface area contributed by atoms with E-state index in [1.54, 1.807) is 0 Å². The van der Waals surface area contributed by atoms with Crippen LogP contribution in [-0.2, 0) is 0 Å². The second-order valence-corrected chi connectivity index (χ2v) is 9.81. The average molecular weight is 450 g/mol. The molecule has 2 unspecified atom stereocenters. The van der Waals surface area contributed by atoms with Gasteiger partial charge in [-0.3, -0.25) is 4.98 Å². The predicted molar refractivity (Wildman–Crippen MR) is 136 cm³/mol. The molecular formula is C27H27N7. The van der Waals surface area contributed by atoms with E-state index in [1.807, 2.05) is 30.7 Å². The first-order valence-electron chi connectivity index (χ1n) is 12.3. The summed E-state index contributed by atoms with van der Waals surface area (Å²) < 4.78 is 0. The van der Waals surface area contributed by atoms with Crippen molar-refractivity contribution in [3.63, 3.8) is 0 Å². The standard InChI is InChI=1S/C27H27N7/c28-16-8-9-17(12-16)31-27-24-20(15-4-3-5-15)13-29-14-22(24)33-25(34-27)19-10-11-30-26-23(19)18-6-1-2-7-21(18)32-26/h1-2,6-7,10-11,13-17H,3-5,8-9,12,28H2,(H,30,32)(H,31,33,34). The van der Waals surface area contributed by atoms with E-state index in [4.69, 9.17) is 15.7 Å². The van der Waals surface area contributed by atoms with Crippen molar-refractivity contribution in [1.82, 2.24) is 24.9 Å². The zero-order chi connectivity index (χ0) is 22.6. The highest BCUT2D eigenvalue weighted by molar-refractivity contribution is 6.12. The average Bonchev–Trinajstić information content (AvgIpc) is 3.40. The number of pyridine rings is 2. The Labute approximate surface area is 197 Å². The van der Waals surface area contributed by atoms with Gasteiger partial charge in [0.2, 0.25) is 0 Å². The Balaban J connectivity index is 1.46. The van der Waals surface area contributed by atoms with Crippen molar-refractivity contribution in [2.45, 2.75) is 56.5 Å². The third kappa shape index (κ3) is 3.15. The Bertz CT molecular complexity index is 1530. The first-order valence-corrected chi connectivity index (χ1v) is 12.3. The Kier molecular flexibility index (Phi) is 4.52. The van der Waals surface area contributed by atoms with Crippen molar-refractivity contribution in [3.8, 4) is 11.4 Å². The zero-order valence-electron chi connectivity index (χ0n) is 19.0. The Morgan fingerprint density at radius 2 is 1.88 bits per heavy atom. The molecule has 4 heterocycles. The molecule has 2 saturated carbocycles. The molecule has 34 heavy (non-hydrogen) atoms. The second-order valence-electron chi connectivity index (χ2n) is 9.81. The van der Waals surface area contributed by atoms with Crippen LogP contribution in [-0.4, -0.2) is 37.0 Å². The number of para-hydroxylation sites is 1. The van der Waals surface area contributed by atoms with Gasteiger partial charge in [0, 0.05) is 51.7 Å². The van der Waals surface area contributed by atoms with Gasteiger partial charge in [0.25, 0.3) is 0 Å². The van der Waals surface area contributed by atoms with Gasteiger partial charge in [0.15, 0.2) is 5.82 Å². The number of nitrogens with two attached hydrogens (primary N) is 1. The lowest BCUT2D eigenvalue weighted by Gasteiger charge is -2.27. The number of benzene rings is 1. The van der Waals surface area contributed by atoms with E-state index < -0.39 is 0 Å². The summed E-state index contributed by atoms with van der Waals surface area (Å²) in [6, 6.07) is 10.9. The van der Waals surface area contributed by atoms with E-state index in [-0.39, 0.29) is 6.04 Å². The van der Waals surface area contributed by atoms with Crippen LogP contribution in [0.15, 0.2) is 48.9 Å². The summed E-state index contributed by atoms with van der Waals surface area (Å²) in [5.41, 5.74) is 11.3. The molecule has 5 aromatic rings. The first kappa shape index (κ1) is 19.9. The first-order chi connectivity index (χ1) is 16.7. The van der Waals surface area contributed by atoms with Crippen molar-refractivity contribution in [3.05, 3.63) is 54.5 Å². The van der Waals surface area contributed by atoms with Crippen LogP contribution in [0.4, 0.5) is 5.82 Å². The maximum absolute atomic E-state index is 6.23. The van der Waals surface area contributed by atoms with Crippen LogP contribution in [0.3, 0.4) is 0 Å². The van der Waals surface area contributed by atoms with Gasteiger partial charge < -0.3 is 16.0 Å². The number of H-pyrrole nitrogens is 1. The number of fused-ring (bicyclic) bond motifs is 4. The normalized spacial score (nSPS) is 20.9. The highest BCUT2D eigenvalue weighted by Gasteiger charge is 2.27. The molecule has 0 aliphatic heterocycles. The summed E-state index contributed by atoms with van der Waals surface area (Å²) in [6.07, 6.45) is 12.5. The van der Waals surface area contributed by atoms with E-state index in [2.05, 4.69) is 38.5 Å². The maximum atomic E-state index is 6.23. The maximum Gasteiger partial charge on any atom is 0.163 e. The quantitative estimate of drug-likeness (QED) is 0.345. The highest BCUT2D eigenvalue weighted by Crippen LogP contribution is 2.42. The topological polar surface area (TPSA) is 105 Å². The minimum Gasteiger partial charge on any atom is -0.367 e. The fraction of sp³-hybridized carbons (Fsp3) is 0.333. The molecule has 4 N–H and O–H groups in total. The molecule has 0 bridgehead atoms. The number of hydrogen-bond donors (Lipinski definition) is 3. The number of anilines is 1.